The van der Waals surface area contributed by atoms with Crippen LogP contribution >= 0.6 is 0 Å². The zero-order chi connectivity index (χ0) is 47.3. The standard InChI is InChI=1S/2C26H33N5O3/c2*1-17(32)30-10-7-21(8-11-30)29-25-13-22-20(15-28-25)6-9-31(26(22)34)16-24(33)23-12-18-4-2-3-5-19(18)14-27-23/h2*2-5,13,15,21,23-24,27,33H,6-12,14,16H2,1H3,(H,28,29)/t23-,24+;23-,24-/m00/s1. The average molecular weight is 927 g/mol. The van der Waals surface area contributed by atoms with E-state index in [1.807, 2.05) is 46.2 Å². The monoisotopic (exact) mass is 927 g/mol. The van der Waals surface area contributed by atoms with Crippen LogP contribution in [0.4, 0.5) is 11.6 Å². The Hall–Kier alpha value is -5.94. The second kappa shape index (κ2) is 21.1. The third-order valence-electron chi connectivity index (χ3n) is 14.9. The Morgan fingerprint density at radius 2 is 0.985 bits per heavy atom. The molecular weight excluding hydrogens is 861 g/mol. The molecule has 6 aliphatic heterocycles. The molecule has 360 valence electrons. The predicted octanol–water partition coefficient (Wildman–Crippen LogP) is 3.16. The lowest BCUT2D eigenvalue weighted by atomic mass is 9.92. The lowest BCUT2D eigenvalue weighted by Gasteiger charge is -2.35. The number of hydrogen-bond acceptors (Lipinski definition) is 12. The van der Waals surface area contributed by atoms with Gasteiger partial charge >= 0.3 is 0 Å². The quantitative estimate of drug-likeness (QED) is 0.136. The summed E-state index contributed by atoms with van der Waals surface area (Å²) in [5, 5.41) is 35.6. The van der Waals surface area contributed by atoms with Gasteiger partial charge in [-0.3, -0.25) is 19.2 Å². The van der Waals surface area contributed by atoms with Crippen LogP contribution < -0.4 is 21.3 Å². The summed E-state index contributed by atoms with van der Waals surface area (Å²) in [7, 11) is 0. The molecule has 0 unspecified atom stereocenters. The molecule has 10 rings (SSSR count). The Morgan fingerprint density at radius 3 is 1.37 bits per heavy atom. The number of aliphatic hydroxyl groups is 2. The minimum atomic E-state index is -0.634. The number of aromatic nitrogens is 2. The number of amides is 4. The number of aliphatic hydroxyl groups excluding tert-OH is 2. The van der Waals surface area contributed by atoms with Crippen molar-refractivity contribution in [2.24, 2.45) is 0 Å². The highest BCUT2D eigenvalue weighted by atomic mass is 16.3. The first-order chi connectivity index (χ1) is 32.9. The lowest BCUT2D eigenvalue weighted by Crippen LogP contribution is -2.51. The Bertz CT molecular complexity index is 2300. The van der Waals surface area contributed by atoms with Crippen LogP contribution in [0.15, 0.2) is 73.1 Å². The summed E-state index contributed by atoms with van der Waals surface area (Å²) >= 11 is 0. The molecule has 16 heteroatoms. The number of carbonyl (C=O) groups excluding carboxylic acids is 4. The summed E-state index contributed by atoms with van der Waals surface area (Å²) in [6, 6.07) is 20.6. The minimum absolute atomic E-state index is 0.0478. The van der Waals surface area contributed by atoms with Crippen LogP contribution in [-0.4, -0.2) is 152 Å². The summed E-state index contributed by atoms with van der Waals surface area (Å²) in [6.07, 6.45) is 8.77. The van der Waals surface area contributed by atoms with Crippen LogP contribution in [0.1, 0.15) is 93.6 Å². The van der Waals surface area contributed by atoms with Gasteiger partial charge in [0, 0.05) is 127 Å². The molecule has 0 aliphatic carbocycles. The third kappa shape index (κ3) is 11.0. The SMILES string of the molecule is CC(=O)N1CCC(Nc2cc3c(cn2)CCN(C[C@@H](O)[C@@H]2Cc4ccccc4CN2)C3=O)CC1.CC(=O)N1CCC(Nc2cc3c(cn2)CCN(C[C@H](O)[C@@H]2Cc4ccccc4CN2)C3=O)CC1. The molecule has 2 aromatic carbocycles. The number of fused-ring (bicyclic) bond motifs is 4. The molecule has 2 aromatic heterocycles. The van der Waals surface area contributed by atoms with Gasteiger partial charge in [-0.1, -0.05) is 48.5 Å². The fourth-order valence-electron chi connectivity index (χ4n) is 10.6. The molecule has 2 fully saturated rings. The summed E-state index contributed by atoms with van der Waals surface area (Å²) in [5.41, 5.74) is 8.31. The van der Waals surface area contributed by atoms with Crippen LogP contribution in [0.25, 0.3) is 0 Å². The van der Waals surface area contributed by atoms with Gasteiger partial charge < -0.3 is 51.1 Å². The van der Waals surface area contributed by atoms with Crippen molar-refractivity contribution >= 4 is 35.3 Å². The maximum atomic E-state index is 13.3. The molecular formula is C52H66N10O6. The third-order valence-corrected chi connectivity index (χ3v) is 14.9. The van der Waals surface area contributed by atoms with Gasteiger partial charge in [-0.05, 0) is 96.9 Å². The number of nitrogens with zero attached hydrogens (tertiary/aromatic N) is 6. The van der Waals surface area contributed by atoms with Crippen LogP contribution in [0.2, 0.25) is 0 Å². The van der Waals surface area contributed by atoms with Crippen molar-refractivity contribution in [3.05, 3.63) is 118 Å². The molecule has 2 saturated heterocycles. The zero-order valence-corrected chi connectivity index (χ0v) is 39.3. The van der Waals surface area contributed by atoms with E-state index in [1.165, 1.54) is 22.3 Å². The molecule has 4 amide bonds. The van der Waals surface area contributed by atoms with Crippen LogP contribution in [0, 0.1) is 0 Å². The molecule has 6 N–H and O–H groups in total. The van der Waals surface area contributed by atoms with E-state index in [0.717, 1.165) is 102 Å². The van der Waals surface area contributed by atoms with E-state index < -0.39 is 12.2 Å². The van der Waals surface area contributed by atoms with E-state index in [-0.39, 0.29) is 47.8 Å². The number of anilines is 2. The number of β-amino-alcohol motifs (C(OH)–C–C–N with tert-alkyl or cyclic N) is 2. The summed E-state index contributed by atoms with van der Waals surface area (Å²) in [4.78, 5) is 66.0. The van der Waals surface area contributed by atoms with Crippen LogP contribution in [-0.2, 0) is 48.4 Å². The van der Waals surface area contributed by atoms with Crippen molar-refractivity contribution in [3.63, 3.8) is 0 Å². The van der Waals surface area contributed by atoms with Gasteiger partial charge in [-0.2, -0.15) is 0 Å². The van der Waals surface area contributed by atoms with E-state index in [0.29, 0.717) is 48.9 Å². The minimum Gasteiger partial charge on any atom is -0.390 e. The van der Waals surface area contributed by atoms with Crippen molar-refractivity contribution in [3.8, 4) is 0 Å². The van der Waals surface area contributed by atoms with E-state index in [9.17, 15) is 29.4 Å². The summed E-state index contributed by atoms with van der Waals surface area (Å²) < 4.78 is 0. The average Bonchev–Trinajstić information content (AvgIpc) is 3.36. The largest absolute Gasteiger partial charge is 0.390 e. The number of rotatable bonds is 10. The summed E-state index contributed by atoms with van der Waals surface area (Å²) in [6.45, 7) is 9.44. The first kappa shape index (κ1) is 47.1. The Kier molecular flexibility index (Phi) is 14.7. The number of carbonyl (C=O) groups is 4. The van der Waals surface area contributed by atoms with Gasteiger partial charge in [0.05, 0.1) is 12.2 Å². The molecule has 16 nitrogen and oxygen atoms in total. The van der Waals surface area contributed by atoms with E-state index in [4.69, 9.17) is 0 Å². The van der Waals surface area contributed by atoms with Crippen molar-refractivity contribution in [1.82, 2.24) is 40.2 Å². The number of nitrogens with one attached hydrogen (secondary N) is 4. The highest BCUT2D eigenvalue weighted by molar-refractivity contribution is 5.98. The van der Waals surface area contributed by atoms with Crippen LogP contribution in [0.3, 0.4) is 0 Å². The molecule has 0 radical (unpaired) electrons. The Balaban J connectivity index is 0.000000170. The first-order valence-electron chi connectivity index (χ1n) is 24.5. The predicted molar refractivity (Wildman–Crippen MR) is 259 cm³/mol. The molecule has 0 saturated carbocycles. The Labute approximate surface area is 398 Å². The number of piperidine rings is 2. The smallest absolute Gasteiger partial charge is 0.254 e. The Morgan fingerprint density at radius 1 is 0.603 bits per heavy atom. The first-order valence-corrected chi connectivity index (χ1v) is 24.5. The summed E-state index contributed by atoms with van der Waals surface area (Å²) in [5.74, 6) is 1.53. The molecule has 4 atom stereocenters. The van der Waals surface area contributed by atoms with Crippen LogP contribution in [0.5, 0.6) is 0 Å². The molecule has 0 spiro atoms. The van der Waals surface area contributed by atoms with Crippen molar-refractivity contribution < 1.29 is 29.4 Å². The number of pyridine rings is 2. The fraction of sp³-hybridized carbons (Fsp3) is 0.500. The molecule has 0 bridgehead atoms. The van der Waals surface area contributed by atoms with E-state index >= 15 is 0 Å². The van der Waals surface area contributed by atoms with Crippen molar-refractivity contribution in [1.29, 1.82) is 0 Å². The second-order valence-electron chi connectivity index (χ2n) is 19.4. The van der Waals surface area contributed by atoms with E-state index in [1.54, 1.807) is 36.0 Å². The molecule has 6 aliphatic rings. The second-order valence-corrected chi connectivity index (χ2v) is 19.4. The molecule has 68 heavy (non-hydrogen) atoms. The number of benzene rings is 2. The molecule has 8 heterocycles. The topological polar surface area (TPSA) is 196 Å². The maximum Gasteiger partial charge on any atom is 0.254 e. The maximum absolute atomic E-state index is 13.3. The van der Waals surface area contributed by atoms with Crippen molar-refractivity contribution in [2.45, 2.75) is 115 Å². The highest BCUT2D eigenvalue weighted by Crippen LogP contribution is 2.27. The van der Waals surface area contributed by atoms with Gasteiger partial charge in [0.25, 0.3) is 11.8 Å². The number of hydrogen-bond donors (Lipinski definition) is 6. The van der Waals surface area contributed by atoms with Gasteiger partial charge in [-0.15, -0.1) is 0 Å². The number of likely N-dealkylation sites (tertiary alicyclic amines) is 2. The zero-order valence-electron chi connectivity index (χ0n) is 39.3. The van der Waals surface area contributed by atoms with Gasteiger partial charge in [0.1, 0.15) is 11.6 Å². The van der Waals surface area contributed by atoms with E-state index in [2.05, 4.69) is 55.5 Å². The van der Waals surface area contributed by atoms with Gasteiger partial charge in [-0.25, -0.2) is 9.97 Å². The lowest BCUT2D eigenvalue weighted by molar-refractivity contribution is -0.130. The fourth-order valence-corrected chi connectivity index (χ4v) is 10.6. The normalized spacial score (nSPS) is 21.6. The molecule has 4 aromatic rings. The van der Waals surface area contributed by atoms with Crippen molar-refractivity contribution in [2.75, 3.05) is 63.0 Å². The highest BCUT2D eigenvalue weighted by Gasteiger charge is 2.33. The van der Waals surface area contributed by atoms with Gasteiger partial charge in [0.2, 0.25) is 11.8 Å². The van der Waals surface area contributed by atoms with Gasteiger partial charge in [0.15, 0.2) is 0 Å².